The monoisotopic (exact) mass is 469 g/mol. The van der Waals surface area contributed by atoms with Gasteiger partial charge < -0.3 is 9.13 Å². The van der Waals surface area contributed by atoms with Gasteiger partial charge >= 0.3 is 0 Å². The number of nitrogens with zero attached hydrogens (tertiary/aromatic N) is 3. The molecule has 176 valence electrons. The van der Waals surface area contributed by atoms with Crippen LogP contribution in [0.5, 0.6) is 0 Å². The lowest BCUT2D eigenvalue weighted by Gasteiger charge is -2.19. The highest BCUT2D eigenvalue weighted by Gasteiger charge is 2.19. The third-order valence-electron chi connectivity index (χ3n) is 5.82. The summed E-state index contributed by atoms with van der Waals surface area (Å²) in [4.78, 5) is 17.5. The summed E-state index contributed by atoms with van der Waals surface area (Å²) >= 11 is 0. The summed E-state index contributed by atoms with van der Waals surface area (Å²) in [6.45, 7) is 5.35. The van der Waals surface area contributed by atoms with Crippen LogP contribution in [0.4, 0.5) is 17.6 Å². The fourth-order valence-electron chi connectivity index (χ4n) is 4.09. The summed E-state index contributed by atoms with van der Waals surface area (Å²) in [5, 5.41) is 0. The van der Waals surface area contributed by atoms with Crippen molar-refractivity contribution in [3.05, 3.63) is 117 Å². The second-order valence-corrected chi connectivity index (χ2v) is 8.41. The molecule has 0 aliphatic heterocycles. The van der Waals surface area contributed by atoms with Crippen LogP contribution in [0.2, 0.25) is 0 Å². The minimum Gasteiger partial charge on any atom is -0.308 e. The second-order valence-electron chi connectivity index (χ2n) is 8.41. The SMILES string of the molecule is Cc1cn(-c2ccc(Cc3cc(C(F)F)cn([C@@H](C)c4cc(F)cc(F)c4)c3=O)cc2C)cn1. The van der Waals surface area contributed by atoms with Gasteiger partial charge in [0.05, 0.1) is 18.1 Å². The first-order valence-electron chi connectivity index (χ1n) is 10.7. The van der Waals surface area contributed by atoms with Crippen molar-refractivity contribution in [3.8, 4) is 5.69 Å². The molecule has 1 atom stereocenters. The maximum Gasteiger partial charge on any atom is 0.265 e. The number of hydrogen-bond donors (Lipinski definition) is 0. The van der Waals surface area contributed by atoms with Crippen LogP contribution < -0.4 is 5.56 Å². The van der Waals surface area contributed by atoms with E-state index >= 15 is 0 Å². The third-order valence-corrected chi connectivity index (χ3v) is 5.82. The molecule has 4 nitrogen and oxygen atoms in total. The van der Waals surface area contributed by atoms with Crippen molar-refractivity contribution in [2.45, 2.75) is 39.7 Å². The Morgan fingerprint density at radius 2 is 1.65 bits per heavy atom. The molecule has 8 heteroatoms. The van der Waals surface area contributed by atoms with Gasteiger partial charge in [-0.1, -0.05) is 12.1 Å². The molecule has 0 radical (unpaired) electrons. The number of pyridine rings is 1. The van der Waals surface area contributed by atoms with Gasteiger partial charge in [0.1, 0.15) is 11.6 Å². The number of aromatic nitrogens is 3. The normalized spacial score (nSPS) is 12.4. The standard InChI is InChI=1S/C26H23F4N3O/c1-15-6-18(4-5-24(15)32-12-16(2)31-14-32)7-20-8-21(25(29)30)13-33(26(20)34)17(3)19-9-22(27)11-23(28)10-19/h4-6,8-14,17,25H,7H2,1-3H3/t17-/m0/s1. The van der Waals surface area contributed by atoms with Crippen LogP contribution in [0.15, 0.2) is 66.0 Å². The van der Waals surface area contributed by atoms with Gasteiger partial charge in [-0.15, -0.1) is 0 Å². The van der Waals surface area contributed by atoms with E-state index in [0.717, 1.165) is 51.5 Å². The molecule has 0 amide bonds. The van der Waals surface area contributed by atoms with Gasteiger partial charge in [0, 0.05) is 41.7 Å². The van der Waals surface area contributed by atoms with Crippen molar-refractivity contribution in [2.75, 3.05) is 0 Å². The van der Waals surface area contributed by atoms with E-state index in [-0.39, 0.29) is 23.1 Å². The molecule has 4 rings (SSSR count). The van der Waals surface area contributed by atoms with E-state index in [2.05, 4.69) is 4.98 Å². The van der Waals surface area contributed by atoms with Gasteiger partial charge in [-0.25, -0.2) is 22.5 Å². The van der Waals surface area contributed by atoms with E-state index in [1.165, 1.54) is 6.07 Å². The van der Waals surface area contributed by atoms with Gasteiger partial charge in [-0.3, -0.25) is 4.79 Å². The number of alkyl halides is 2. The van der Waals surface area contributed by atoms with Gasteiger partial charge in [-0.2, -0.15) is 0 Å². The summed E-state index contributed by atoms with van der Waals surface area (Å²) in [6, 6.07) is 8.88. The molecule has 0 unspecified atom stereocenters. The van der Waals surface area contributed by atoms with Crippen molar-refractivity contribution >= 4 is 0 Å². The van der Waals surface area contributed by atoms with Gasteiger partial charge in [0.25, 0.3) is 12.0 Å². The van der Waals surface area contributed by atoms with Crippen LogP contribution in [-0.4, -0.2) is 14.1 Å². The van der Waals surface area contributed by atoms with Crippen LogP contribution in [-0.2, 0) is 6.42 Å². The first-order valence-corrected chi connectivity index (χ1v) is 10.7. The lowest BCUT2D eigenvalue weighted by Crippen LogP contribution is -2.27. The number of benzene rings is 2. The van der Waals surface area contributed by atoms with Crippen molar-refractivity contribution in [2.24, 2.45) is 0 Å². The number of imidazole rings is 1. The summed E-state index contributed by atoms with van der Waals surface area (Å²) in [5.41, 5.74) is 3.03. The van der Waals surface area contributed by atoms with Crippen LogP contribution in [0.3, 0.4) is 0 Å². The molecule has 0 saturated heterocycles. The molecule has 0 aliphatic rings. The summed E-state index contributed by atoms with van der Waals surface area (Å²) in [7, 11) is 0. The van der Waals surface area contributed by atoms with Crippen LogP contribution >= 0.6 is 0 Å². The largest absolute Gasteiger partial charge is 0.308 e. The zero-order valence-corrected chi connectivity index (χ0v) is 18.9. The molecular weight excluding hydrogens is 446 g/mol. The molecule has 0 bridgehead atoms. The minimum atomic E-state index is -2.81. The molecule has 0 aliphatic carbocycles. The Balaban J connectivity index is 1.73. The van der Waals surface area contributed by atoms with Crippen molar-refractivity contribution < 1.29 is 17.6 Å². The lowest BCUT2D eigenvalue weighted by molar-refractivity contribution is 0.150. The number of hydrogen-bond acceptors (Lipinski definition) is 2. The molecule has 2 aromatic carbocycles. The van der Waals surface area contributed by atoms with Gasteiger partial charge in [-0.05, 0) is 61.7 Å². The highest BCUT2D eigenvalue weighted by Crippen LogP contribution is 2.25. The van der Waals surface area contributed by atoms with Crippen molar-refractivity contribution in [1.82, 2.24) is 14.1 Å². The van der Waals surface area contributed by atoms with E-state index in [1.54, 1.807) is 13.3 Å². The first kappa shape index (κ1) is 23.5. The Bertz CT molecular complexity index is 1390. The van der Waals surface area contributed by atoms with E-state index in [4.69, 9.17) is 0 Å². The predicted molar refractivity (Wildman–Crippen MR) is 122 cm³/mol. The minimum absolute atomic E-state index is 0.133. The molecular formula is C26H23F4N3O. The quantitative estimate of drug-likeness (QED) is 0.322. The topological polar surface area (TPSA) is 39.8 Å². The zero-order valence-electron chi connectivity index (χ0n) is 18.9. The summed E-state index contributed by atoms with van der Waals surface area (Å²) in [6.07, 6.45) is 1.98. The Kier molecular flexibility index (Phi) is 6.41. The Morgan fingerprint density at radius 1 is 0.941 bits per heavy atom. The number of rotatable bonds is 6. The fraction of sp³-hybridized carbons (Fsp3) is 0.231. The number of halogens is 4. The van der Waals surface area contributed by atoms with E-state index in [0.29, 0.717) is 0 Å². The Labute approximate surface area is 194 Å². The highest BCUT2D eigenvalue weighted by molar-refractivity contribution is 5.44. The summed E-state index contributed by atoms with van der Waals surface area (Å²) in [5.74, 6) is -1.60. The van der Waals surface area contributed by atoms with Crippen LogP contribution in [0.1, 0.15) is 52.9 Å². The molecule has 0 N–H and O–H groups in total. The molecule has 34 heavy (non-hydrogen) atoms. The smallest absolute Gasteiger partial charge is 0.265 e. The van der Waals surface area contributed by atoms with Crippen molar-refractivity contribution in [3.63, 3.8) is 0 Å². The van der Waals surface area contributed by atoms with Gasteiger partial charge in [0.2, 0.25) is 0 Å². The second kappa shape index (κ2) is 9.29. The lowest BCUT2D eigenvalue weighted by atomic mass is 10.0. The third kappa shape index (κ3) is 4.81. The van der Waals surface area contributed by atoms with Crippen molar-refractivity contribution in [1.29, 1.82) is 0 Å². The molecule has 4 aromatic rings. The fourth-order valence-corrected chi connectivity index (χ4v) is 4.09. The molecule has 2 heterocycles. The van der Waals surface area contributed by atoms with Crippen LogP contribution in [0, 0.1) is 25.5 Å². The zero-order chi connectivity index (χ0) is 24.6. The first-order chi connectivity index (χ1) is 16.1. The molecule has 0 fully saturated rings. The Morgan fingerprint density at radius 3 is 2.24 bits per heavy atom. The van der Waals surface area contributed by atoms with E-state index < -0.39 is 29.7 Å². The van der Waals surface area contributed by atoms with E-state index in [1.807, 2.05) is 42.8 Å². The predicted octanol–water partition coefficient (Wildman–Crippen LogP) is 6.07. The maximum absolute atomic E-state index is 13.7. The molecule has 2 aromatic heterocycles. The van der Waals surface area contributed by atoms with Gasteiger partial charge in [0.15, 0.2) is 0 Å². The number of aryl methyl sites for hydroxylation is 2. The summed E-state index contributed by atoms with van der Waals surface area (Å²) < 4.78 is 57.7. The molecule has 0 saturated carbocycles. The van der Waals surface area contributed by atoms with Crippen LogP contribution in [0.25, 0.3) is 5.69 Å². The Hall–Kier alpha value is -3.68. The molecule has 0 spiro atoms. The van der Waals surface area contributed by atoms with E-state index in [9.17, 15) is 22.4 Å². The highest BCUT2D eigenvalue weighted by atomic mass is 19.3. The maximum atomic E-state index is 13.7. The average molecular weight is 469 g/mol. The average Bonchev–Trinajstić information content (AvgIpc) is 3.19.